The molecule has 114 valence electrons. The van der Waals surface area contributed by atoms with Gasteiger partial charge in [0.25, 0.3) is 0 Å². The summed E-state index contributed by atoms with van der Waals surface area (Å²) >= 11 is 11.7. The van der Waals surface area contributed by atoms with Gasteiger partial charge in [-0.25, -0.2) is 9.79 Å². The van der Waals surface area contributed by atoms with Crippen molar-refractivity contribution >= 4 is 46.9 Å². The molecule has 0 atom stereocenters. The molecule has 0 N–H and O–H groups in total. The maximum Gasteiger partial charge on any atom is 0.329 e. The van der Waals surface area contributed by atoms with Gasteiger partial charge in [0.2, 0.25) is 0 Å². The first-order valence-corrected chi connectivity index (χ1v) is 7.29. The molecule has 0 heterocycles. The number of urea groups is 1. The highest BCUT2D eigenvalue weighted by atomic mass is 35.5. The fourth-order valence-electron chi connectivity index (χ4n) is 1.70. The molecule has 0 aliphatic rings. The maximum atomic E-state index is 12.3. The second kappa shape index (κ2) is 7.29. The number of hydrogen-bond acceptors (Lipinski definition) is 2. The minimum Gasteiger partial charge on any atom is -0.330 e. The zero-order chi connectivity index (χ0) is 16.1. The van der Waals surface area contributed by atoms with Crippen LogP contribution in [0.5, 0.6) is 0 Å². The summed E-state index contributed by atoms with van der Waals surface area (Å²) in [6.07, 6.45) is 1.48. The number of rotatable bonds is 3. The van der Waals surface area contributed by atoms with Crippen molar-refractivity contribution < 1.29 is 4.79 Å². The second-order valence-electron chi connectivity index (χ2n) is 4.74. The predicted octanol–water partition coefficient (Wildman–Crippen LogP) is 4.84. The Bertz CT molecular complexity index is 667. The van der Waals surface area contributed by atoms with E-state index in [0.29, 0.717) is 21.4 Å². The quantitative estimate of drug-likeness (QED) is 0.583. The molecule has 0 saturated carbocycles. The lowest BCUT2D eigenvalue weighted by Gasteiger charge is -2.22. The van der Waals surface area contributed by atoms with Gasteiger partial charge < -0.3 is 4.90 Å². The van der Waals surface area contributed by atoms with Gasteiger partial charge in [-0.05, 0) is 48.5 Å². The average molecular weight is 336 g/mol. The largest absolute Gasteiger partial charge is 0.330 e. The van der Waals surface area contributed by atoms with Crippen molar-refractivity contribution in [1.29, 1.82) is 0 Å². The number of carbonyl (C=O) groups is 1. The monoisotopic (exact) mass is 335 g/mol. The Labute approximate surface area is 139 Å². The average Bonchev–Trinajstić information content (AvgIpc) is 2.50. The summed E-state index contributed by atoms with van der Waals surface area (Å²) in [6.45, 7) is 0. The van der Waals surface area contributed by atoms with Crippen LogP contribution in [0.3, 0.4) is 0 Å². The molecule has 2 rings (SSSR count). The highest BCUT2D eigenvalue weighted by Crippen LogP contribution is 2.20. The minimum atomic E-state index is -0.208. The van der Waals surface area contributed by atoms with Crippen LogP contribution in [0.25, 0.3) is 0 Å². The number of aliphatic imine (C=N–C) groups is 1. The molecule has 0 aromatic heterocycles. The van der Waals surface area contributed by atoms with Gasteiger partial charge in [-0.3, -0.25) is 4.90 Å². The lowest BCUT2D eigenvalue weighted by Crippen LogP contribution is -2.38. The molecule has 0 spiro atoms. The van der Waals surface area contributed by atoms with Crippen molar-refractivity contribution in [3.8, 4) is 0 Å². The summed E-state index contributed by atoms with van der Waals surface area (Å²) in [7, 11) is 3.36. The molecular weight excluding hydrogens is 321 g/mol. The molecule has 2 aromatic rings. The topological polar surface area (TPSA) is 35.9 Å². The Morgan fingerprint density at radius 2 is 1.45 bits per heavy atom. The molecule has 0 unspecified atom stereocenters. The van der Waals surface area contributed by atoms with Crippen molar-refractivity contribution in [3.63, 3.8) is 0 Å². The molecular formula is C16H15Cl2N3O. The highest BCUT2D eigenvalue weighted by molar-refractivity contribution is 6.31. The number of carbonyl (C=O) groups excluding carboxylic acids is 1. The van der Waals surface area contributed by atoms with E-state index in [1.54, 1.807) is 62.6 Å². The summed E-state index contributed by atoms with van der Waals surface area (Å²) in [4.78, 5) is 19.5. The van der Waals surface area contributed by atoms with E-state index >= 15 is 0 Å². The first-order chi connectivity index (χ1) is 10.5. The van der Waals surface area contributed by atoms with E-state index in [0.717, 1.165) is 0 Å². The Balaban J connectivity index is 2.30. The maximum absolute atomic E-state index is 12.3. The summed E-state index contributed by atoms with van der Waals surface area (Å²) in [6, 6.07) is 13.8. The van der Waals surface area contributed by atoms with Crippen LogP contribution in [0, 0.1) is 0 Å². The molecule has 0 radical (unpaired) electrons. The standard InChI is InChI=1S/C16H15Cl2N3O/c1-20(2)16(22)21(15-9-5-13(18)6-10-15)11-19-14-7-3-12(17)4-8-14/h3-11H,1-2H3. The van der Waals surface area contributed by atoms with E-state index in [2.05, 4.69) is 4.99 Å². The fourth-order valence-corrected chi connectivity index (χ4v) is 1.95. The predicted molar refractivity (Wildman–Crippen MR) is 92.6 cm³/mol. The van der Waals surface area contributed by atoms with Gasteiger partial charge in [0.05, 0.1) is 11.4 Å². The molecule has 2 amide bonds. The van der Waals surface area contributed by atoms with Crippen LogP contribution in [0.4, 0.5) is 16.2 Å². The van der Waals surface area contributed by atoms with E-state index < -0.39 is 0 Å². The number of anilines is 1. The first kappa shape index (κ1) is 16.3. The molecule has 22 heavy (non-hydrogen) atoms. The Morgan fingerprint density at radius 3 is 1.95 bits per heavy atom. The number of hydrogen-bond donors (Lipinski definition) is 0. The van der Waals surface area contributed by atoms with Gasteiger partial charge in [-0.15, -0.1) is 0 Å². The molecule has 0 fully saturated rings. The van der Waals surface area contributed by atoms with Gasteiger partial charge in [0, 0.05) is 24.1 Å². The molecule has 2 aromatic carbocycles. The van der Waals surface area contributed by atoms with Crippen molar-refractivity contribution in [2.24, 2.45) is 4.99 Å². The lowest BCUT2D eigenvalue weighted by molar-refractivity contribution is 0.227. The number of halogens is 2. The van der Waals surface area contributed by atoms with Crippen molar-refractivity contribution in [2.45, 2.75) is 0 Å². The fraction of sp³-hybridized carbons (Fsp3) is 0.125. The first-order valence-electron chi connectivity index (χ1n) is 6.53. The van der Waals surface area contributed by atoms with Crippen LogP contribution >= 0.6 is 23.2 Å². The Kier molecular flexibility index (Phi) is 5.41. The Morgan fingerprint density at radius 1 is 0.955 bits per heavy atom. The lowest BCUT2D eigenvalue weighted by atomic mass is 10.3. The molecule has 0 aliphatic heterocycles. The number of amides is 2. The van der Waals surface area contributed by atoms with Crippen LogP contribution in [0.1, 0.15) is 0 Å². The zero-order valence-corrected chi connectivity index (χ0v) is 13.7. The number of nitrogens with zero attached hydrogens (tertiary/aromatic N) is 3. The Hall–Kier alpha value is -2.04. The third-order valence-electron chi connectivity index (χ3n) is 2.84. The second-order valence-corrected chi connectivity index (χ2v) is 5.62. The summed E-state index contributed by atoms with van der Waals surface area (Å²) in [5, 5.41) is 1.24. The van der Waals surface area contributed by atoms with Crippen molar-refractivity contribution in [3.05, 3.63) is 58.6 Å². The SMILES string of the molecule is CN(C)C(=O)N(C=Nc1ccc(Cl)cc1)c1ccc(Cl)cc1. The van der Waals surface area contributed by atoms with Gasteiger partial charge in [0.1, 0.15) is 6.34 Å². The van der Waals surface area contributed by atoms with E-state index in [1.807, 2.05) is 0 Å². The summed E-state index contributed by atoms with van der Waals surface area (Å²) < 4.78 is 0. The summed E-state index contributed by atoms with van der Waals surface area (Å²) in [5.41, 5.74) is 1.38. The van der Waals surface area contributed by atoms with Gasteiger partial charge in [-0.1, -0.05) is 23.2 Å². The van der Waals surface area contributed by atoms with E-state index in [9.17, 15) is 4.79 Å². The van der Waals surface area contributed by atoms with Crippen LogP contribution in [0.15, 0.2) is 53.5 Å². The zero-order valence-electron chi connectivity index (χ0n) is 12.2. The normalized spacial score (nSPS) is 10.7. The highest BCUT2D eigenvalue weighted by Gasteiger charge is 2.15. The third-order valence-corrected chi connectivity index (χ3v) is 3.35. The summed E-state index contributed by atoms with van der Waals surface area (Å²) in [5.74, 6) is 0. The third kappa shape index (κ3) is 4.23. The van der Waals surface area contributed by atoms with Crippen LogP contribution in [0.2, 0.25) is 10.0 Å². The van der Waals surface area contributed by atoms with Crippen molar-refractivity contribution in [1.82, 2.24) is 4.90 Å². The molecule has 0 aliphatic carbocycles. The van der Waals surface area contributed by atoms with Gasteiger partial charge in [-0.2, -0.15) is 0 Å². The minimum absolute atomic E-state index is 0.208. The van der Waals surface area contributed by atoms with E-state index in [1.165, 1.54) is 16.1 Å². The van der Waals surface area contributed by atoms with Crippen LogP contribution in [-0.2, 0) is 0 Å². The van der Waals surface area contributed by atoms with Gasteiger partial charge >= 0.3 is 6.03 Å². The van der Waals surface area contributed by atoms with Crippen molar-refractivity contribution in [2.75, 3.05) is 19.0 Å². The number of benzene rings is 2. The molecule has 0 bridgehead atoms. The molecule has 0 saturated heterocycles. The van der Waals surface area contributed by atoms with Crippen LogP contribution < -0.4 is 4.90 Å². The van der Waals surface area contributed by atoms with Crippen LogP contribution in [-0.4, -0.2) is 31.4 Å². The van der Waals surface area contributed by atoms with Gasteiger partial charge in [0.15, 0.2) is 0 Å². The smallest absolute Gasteiger partial charge is 0.329 e. The molecule has 6 heteroatoms. The van der Waals surface area contributed by atoms with E-state index in [4.69, 9.17) is 23.2 Å². The van der Waals surface area contributed by atoms with E-state index in [-0.39, 0.29) is 6.03 Å². The molecule has 4 nitrogen and oxygen atoms in total.